The average Bonchev–Trinajstić information content (AvgIpc) is 2.45. The molecule has 1 heterocycles. The number of aromatic nitrogens is 1. The molecule has 2 aromatic rings. The standard InChI is InChI=1S/C17H20N2OS/c1-11-8-9-15(18-10-11)21-14(4)17(20)19-16-12(2)6-5-7-13(16)3/h5-10,14H,1-4H3,(H,19,20). The smallest absolute Gasteiger partial charge is 0.237 e. The van der Waals surface area contributed by atoms with E-state index in [-0.39, 0.29) is 11.2 Å². The van der Waals surface area contributed by atoms with Crippen molar-refractivity contribution in [3.05, 3.63) is 53.2 Å². The van der Waals surface area contributed by atoms with Crippen LogP contribution in [0.15, 0.2) is 41.6 Å². The Morgan fingerprint density at radius 1 is 1.14 bits per heavy atom. The Labute approximate surface area is 130 Å². The normalized spacial score (nSPS) is 12.0. The zero-order chi connectivity index (χ0) is 15.4. The largest absolute Gasteiger partial charge is 0.325 e. The van der Waals surface area contributed by atoms with E-state index < -0.39 is 0 Å². The number of rotatable bonds is 4. The summed E-state index contributed by atoms with van der Waals surface area (Å²) in [4.78, 5) is 16.7. The number of pyridine rings is 1. The van der Waals surface area contributed by atoms with Crippen molar-refractivity contribution in [1.82, 2.24) is 4.98 Å². The van der Waals surface area contributed by atoms with Gasteiger partial charge in [-0.2, -0.15) is 0 Å². The number of nitrogens with one attached hydrogen (secondary N) is 1. The Kier molecular flexibility index (Phi) is 5.02. The summed E-state index contributed by atoms with van der Waals surface area (Å²) in [6.45, 7) is 7.90. The summed E-state index contributed by atoms with van der Waals surface area (Å²) in [6, 6.07) is 9.95. The molecule has 0 aliphatic rings. The third-order valence-electron chi connectivity index (χ3n) is 3.28. The Hall–Kier alpha value is -1.81. The third-order valence-corrected chi connectivity index (χ3v) is 4.33. The summed E-state index contributed by atoms with van der Waals surface area (Å²) in [5.41, 5.74) is 4.18. The van der Waals surface area contributed by atoms with Crippen LogP contribution < -0.4 is 5.32 Å². The molecule has 0 spiro atoms. The van der Waals surface area contributed by atoms with Crippen molar-refractivity contribution in [2.75, 3.05) is 5.32 Å². The second-order valence-electron chi connectivity index (χ2n) is 5.19. The van der Waals surface area contributed by atoms with Gasteiger partial charge in [0.25, 0.3) is 0 Å². The van der Waals surface area contributed by atoms with Crippen molar-refractivity contribution in [3.63, 3.8) is 0 Å². The Morgan fingerprint density at radius 2 is 1.81 bits per heavy atom. The van der Waals surface area contributed by atoms with E-state index in [1.807, 2.05) is 64.2 Å². The summed E-state index contributed by atoms with van der Waals surface area (Å²) < 4.78 is 0. The van der Waals surface area contributed by atoms with Gasteiger partial charge in [-0.1, -0.05) is 36.0 Å². The van der Waals surface area contributed by atoms with Crippen LogP contribution in [0.25, 0.3) is 0 Å². The number of hydrogen-bond acceptors (Lipinski definition) is 3. The quantitative estimate of drug-likeness (QED) is 0.863. The molecular formula is C17H20N2OS. The Bertz CT molecular complexity index is 617. The van der Waals surface area contributed by atoms with E-state index in [4.69, 9.17) is 0 Å². The maximum Gasteiger partial charge on any atom is 0.237 e. The lowest BCUT2D eigenvalue weighted by molar-refractivity contribution is -0.115. The predicted octanol–water partition coefficient (Wildman–Crippen LogP) is 4.13. The van der Waals surface area contributed by atoms with Gasteiger partial charge in [0.1, 0.15) is 0 Å². The fourth-order valence-corrected chi connectivity index (χ4v) is 2.78. The van der Waals surface area contributed by atoms with Crippen LogP contribution in [0, 0.1) is 20.8 Å². The van der Waals surface area contributed by atoms with Crippen LogP contribution >= 0.6 is 11.8 Å². The molecule has 1 aromatic carbocycles. The van der Waals surface area contributed by atoms with E-state index in [2.05, 4.69) is 10.3 Å². The van der Waals surface area contributed by atoms with E-state index in [1.165, 1.54) is 11.8 Å². The van der Waals surface area contributed by atoms with Crippen LogP contribution in [0.5, 0.6) is 0 Å². The van der Waals surface area contributed by atoms with Gasteiger partial charge in [0, 0.05) is 11.9 Å². The molecule has 1 aromatic heterocycles. The van der Waals surface area contributed by atoms with E-state index >= 15 is 0 Å². The number of carbonyl (C=O) groups is 1. The number of hydrogen-bond donors (Lipinski definition) is 1. The molecule has 1 atom stereocenters. The van der Waals surface area contributed by atoms with Crippen molar-refractivity contribution in [2.24, 2.45) is 0 Å². The average molecular weight is 300 g/mol. The van der Waals surface area contributed by atoms with E-state index in [1.54, 1.807) is 0 Å². The lowest BCUT2D eigenvalue weighted by Crippen LogP contribution is -2.23. The second kappa shape index (κ2) is 6.76. The Morgan fingerprint density at radius 3 is 2.38 bits per heavy atom. The summed E-state index contributed by atoms with van der Waals surface area (Å²) in [7, 11) is 0. The van der Waals surface area contributed by atoms with Crippen LogP contribution in [0.1, 0.15) is 23.6 Å². The lowest BCUT2D eigenvalue weighted by atomic mass is 10.1. The van der Waals surface area contributed by atoms with Crippen LogP contribution in [-0.2, 0) is 4.79 Å². The molecule has 0 fully saturated rings. The van der Waals surface area contributed by atoms with Crippen molar-refractivity contribution in [2.45, 2.75) is 38.0 Å². The van der Waals surface area contributed by atoms with Gasteiger partial charge in [-0.3, -0.25) is 4.79 Å². The third kappa shape index (κ3) is 4.08. The maximum absolute atomic E-state index is 12.3. The highest BCUT2D eigenvalue weighted by Crippen LogP contribution is 2.24. The minimum Gasteiger partial charge on any atom is -0.325 e. The minimum absolute atomic E-state index is 0.000208. The maximum atomic E-state index is 12.3. The van der Waals surface area contributed by atoms with Gasteiger partial charge in [0.2, 0.25) is 5.91 Å². The van der Waals surface area contributed by atoms with Gasteiger partial charge >= 0.3 is 0 Å². The zero-order valence-corrected chi connectivity index (χ0v) is 13.6. The molecule has 0 saturated carbocycles. The highest BCUT2D eigenvalue weighted by molar-refractivity contribution is 8.00. The van der Waals surface area contributed by atoms with Gasteiger partial charge in [-0.15, -0.1) is 0 Å². The van der Waals surface area contributed by atoms with E-state index in [9.17, 15) is 4.79 Å². The molecule has 0 aliphatic carbocycles. The molecule has 1 unspecified atom stereocenters. The van der Waals surface area contributed by atoms with Crippen molar-refractivity contribution in [1.29, 1.82) is 0 Å². The molecule has 110 valence electrons. The first kappa shape index (κ1) is 15.6. The molecule has 21 heavy (non-hydrogen) atoms. The van der Waals surface area contributed by atoms with E-state index in [0.717, 1.165) is 27.4 Å². The van der Waals surface area contributed by atoms with Crippen LogP contribution in [0.4, 0.5) is 5.69 Å². The molecule has 4 heteroatoms. The van der Waals surface area contributed by atoms with Gasteiger partial charge in [-0.25, -0.2) is 4.98 Å². The second-order valence-corrected chi connectivity index (χ2v) is 6.55. The van der Waals surface area contributed by atoms with Gasteiger partial charge < -0.3 is 5.32 Å². The number of anilines is 1. The number of nitrogens with zero attached hydrogens (tertiary/aromatic N) is 1. The minimum atomic E-state index is -0.195. The number of amides is 1. The molecular weight excluding hydrogens is 280 g/mol. The fourth-order valence-electron chi connectivity index (χ4n) is 2.00. The van der Waals surface area contributed by atoms with Gasteiger partial charge in [-0.05, 0) is 50.5 Å². The van der Waals surface area contributed by atoms with Crippen molar-refractivity contribution >= 4 is 23.4 Å². The highest BCUT2D eigenvalue weighted by Gasteiger charge is 2.16. The first-order valence-electron chi connectivity index (χ1n) is 6.94. The summed E-state index contributed by atoms with van der Waals surface area (Å²) in [5.74, 6) is -0.000208. The molecule has 2 rings (SSSR count). The Balaban J connectivity index is 2.04. The summed E-state index contributed by atoms with van der Waals surface area (Å²) in [6.07, 6.45) is 1.82. The first-order chi connectivity index (χ1) is 9.97. The predicted molar refractivity (Wildman–Crippen MR) is 88.8 cm³/mol. The summed E-state index contributed by atoms with van der Waals surface area (Å²) >= 11 is 1.47. The van der Waals surface area contributed by atoms with Gasteiger partial charge in [0.15, 0.2) is 0 Å². The number of aryl methyl sites for hydroxylation is 3. The van der Waals surface area contributed by atoms with Crippen molar-refractivity contribution in [3.8, 4) is 0 Å². The molecule has 0 aliphatic heterocycles. The molecule has 0 saturated heterocycles. The topological polar surface area (TPSA) is 42.0 Å². The number of thioether (sulfide) groups is 1. The number of benzene rings is 1. The monoisotopic (exact) mass is 300 g/mol. The van der Waals surface area contributed by atoms with Gasteiger partial charge in [0.05, 0.1) is 10.3 Å². The number of para-hydroxylation sites is 1. The number of carbonyl (C=O) groups excluding carboxylic acids is 1. The molecule has 0 bridgehead atoms. The first-order valence-corrected chi connectivity index (χ1v) is 7.81. The van der Waals surface area contributed by atoms with Crippen LogP contribution in [0.2, 0.25) is 0 Å². The van der Waals surface area contributed by atoms with E-state index in [0.29, 0.717) is 0 Å². The lowest BCUT2D eigenvalue weighted by Gasteiger charge is -2.15. The molecule has 3 nitrogen and oxygen atoms in total. The van der Waals surface area contributed by atoms with Crippen LogP contribution in [0.3, 0.4) is 0 Å². The fraction of sp³-hybridized carbons (Fsp3) is 0.294. The molecule has 1 amide bonds. The van der Waals surface area contributed by atoms with Crippen molar-refractivity contribution < 1.29 is 4.79 Å². The molecule has 1 N–H and O–H groups in total. The summed E-state index contributed by atoms with van der Waals surface area (Å²) in [5, 5.41) is 3.69. The zero-order valence-electron chi connectivity index (χ0n) is 12.8. The molecule has 0 radical (unpaired) electrons. The SMILES string of the molecule is Cc1ccc(SC(C)C(=O)Nc2c(C)cccc2C)nc1. The highest BCUT2D eigenvalue weighted by atomic mass is 32.2. The van der Waals surface area contributed by atoms with Crippen LogP contribution in [-0.4, -0.2) is 16.1 Å².